The van der Waals surface area contributed by atoms with Crippen LogP contribution in [0.15, 0.2) is 59.0 Å². The molecule has 2 amide bonds. The molecule has 0 unspecified atom stereocenters. The summed E-state index contributed by atoms with van der Waals surface area (Å²) >= 11 is 0. The number of carboxylic acid groups (broad SMARTS) is 1. The minimum atomic E-state index is -0.979. The Balaban J connectivity index is 1.48. The van der Waals surface area contributed by atoms with Crippen molar-refractivity contribution >= 4 is 17.7 Å². The van der Waals surface area contributed by atoms with Gasteiger partial charge in [0.2, 0.25) is 0 Å². The lowest BCUT2D eigenvalue weighted by Gasteiger charge is -2.19. The topological polar surface area (TPSA) is 74.0 Å². The van der Waals surface area contributed by atoms with Crippen LogP contribution in [0, 0.1) is 13.8 Å². The average molecular weight is 390 g/mol. The lowest BCUT2D eigenvalue weighted by atomic mass is 10.1. The van der Waals surface area contributed by atoms with Crippen molar-refractivity contribution in [2.75, 3.05) is 18.0 Å². The van der Waals surface area contributed by atoms with E-state index in [0.29, 0.717) is 36.7 Å². The molecule has 148 valence electrons. The number of rotatable bonds is 5. The van der Waals surface area contributed by atoms with Crippen LogP contribution in [0.2, 0.25) is 0 Å². The van der Waals surface area contributed by atoms with Crippen molar-refractivity contribution < 1.29 is 19.1 Å². The SMILES string of the molecule is Cc1ccc(N2CCN(Cc3ccc(-c4cccc(C(=O)O)c4)o3)C2=O)cc1C. The number of hydrogen-bond acceptors (Lipinski definition) is 3. The summed E-state index contributed by atoms with van der Waals surface area (Å²) in [5.74, 6) is 0.268. The predicted octanol–water partition coefficient (Wildman–Crippen LogP) is 4.70. The van der Waals surface area contributed by atoms with Gasteiger partial charge in [0, 0.05) is 24.3 Å². The number of carbonyl (C=O) groups is 2. The summed E-state index contributed by atoms with van der Waals surface area (Å²) in [5, 5.41) is 9.15. The molecule has 1 aromatic heterocycles. The molecule has 2 aromatic carbocycles. The second-order valence-corrected chi connectivity index (χ2v) is 7.28. The van der Waals surface area contributed by atoms with Crippen LogP contribution in [0.3, 0.4) is 0 Å². The van der Waals surface area contributed by atoms with Gasteiger partial charge in [0.25, 0.3) is 0 Å². The molecule has 1 saturated heterocycles. The normalized spacial score (nSPS) is 13.9. The highest BCUT2D eigenvalue weighted by atomic mass is 16.4. The summed E-state index contributed by atoms with van der Waals surface area (Å²) in [6.07, 6.45) is 0. The van der Waals surface area contributed by atoms with E-state index in [1.54, 1.807) is 40.1 Å². The second-order valence-electron chi connectivity index (χ2n) is 7.28. The van der Waals surface area contributed by atoms with Crippen molar-refractivity contribution in [2.45, 2.75) is 20.4 Å². The van der Waals surface area contributed by atoms with Crippen LogP contribution in [0.4, 0.5) is 10.5 Å². The first-order valence-corrected chi connectivity index (χ1v) is 9.48. The van der Waals surface area contributed by atoms with E-state index in [2.05, 4.69) is 6.92 Å². The number of benzene rings is 2. The minimum absolute atomic E-state index is 0.0425. The molecule has 6 heteroatoms. The van der Waals surface area contributed by atoms with Gasteiger partial charge in [-0.3, -0.25) is 4.90 Å². The molecule has 0 atom stereocenters. The molecule has 4 rings (SSSR count). The number of carboxylic acids is 1. The van der Waals surface area contributed by atoms with Crippen LogP contribution in [0.1, 0.15) is 27.2 Å². The number of amides is 2. The molecule has 6 nitrogen and oxygen atoms in total. The third-order valence-corrected chi connectivity index (χ3v) is 5.30. The molecule has 0 bridgehead atoms. The fraction of sp³-hybridized carbons (Fsp3) is 0.217. The Morgan fingerprint density at radius 1 is 1.03 bits per heavy atom. The Hall–Kier alpha value is -3.54. The highest BCUT2D eigenvalue weighted by Crippen LogP contribution is 2.27. The quantitative estimate of drug-likeness (QED) is 0.685. The summed E-state index contributed by atoms with van der Waals surface area (Å²) < 4.78 is 5.89. The van der Waals surface area contributed by atoms with Crippen LogP contribution in [0.25, 0.3) is 11.3 Å². The summed E-state index contributed by atoms with van der Waals surface area (Å²) in [6.45, 7) is 5.73. The lowest BCUT2D eigenvalue weighted by Crippen LogP contribution is -2.31. The molecule has 1 aliphatic heterocycles. The summed E-state index contributed by atoms with van der Waals surface area (Å²) in [5.41, 5.74) is 4.17. The van der Waals surface area contributed by atoms with E-state index in [0.717, 1.165) is 11.3 Å². The number of aryl methyl sites for hydroxylation is 2. The zero-order chi connectivity index (χ0) is 20.5. The van der Waals surface area contributed by atoms with Crippen molar-refractivity contribution in [3.63, 3.8) is 0 Å². The first-order chi connectivity index (χ1) is 13.9. The molecular weight excluding hydrogens is 368 g/mol. The van der Waals surface area contributed by atoms with Gasteiger partial charge >= 0.3 is 12.0 Å². The van der Waals surface area contributed by atoms with Crippen molar-refractivity contribution in [1.82, 2.24) is 4.90 Å². The fourth-order valence-electron chi connectivity index (χ4n) is 3.47. The molecule has 0 radical (unpaired) electrons. The van der Waals surface area contributed by atoms with Gasteiger partial charge in [0.05, 0.1) is 12.1 Å². The molecular formula is C23H22N2O4. The predicted molar refractivity (Wildman–Crippen MR) is 110 cm³/mol. The maximum absolute atomic E-state index is 12.8. The van der Waals surface area contributed by atoms with E-state index in [1.165, 1.54) is 5.56 Å². The van der Waals surface area contributed by atoms with Gasteiger partial charge in [-0.05, 0) is 61.4 Å². The maximum atomic E-state index is 12.8. The van der Waals surface area contributed by atoms with E-state index >= 15 is 0 Å². The number of anilines is 1. The number of urea groups is 1. The number of furan rings is 1. The molecule has 0 saturated carbocycles. The molecule has 3 aromatic rings. The van der Waals surface area contributed by atoms with Crippen molar-refractivity contribution in [3.05, 3.63) is 77.0 Å². The van der Waals surface area contributed by atoms with Gasteiger partial charge in [-0.25, -0.2) is 9.59 Å². The fourth-order valence-corrected chi connectivity index (χ4v) is 3.47. The van der Waals surface area contributed by atoms with Gasteiger partial charge < -0.3 is 14.4 Å². The highest BCUT2D eigenvalue weighted by Gasteiger charge is 2.30. The van der Waals surface area contributed by atoms with E-state index in [4.69, 9.17) is 9.52 Å². The van der Waals surface area contributed by atoms with Crippen LogP contribution >= 0.6 is 0 Å². The highest BCUT2D eigenvalue weighted by molar-refractivity contribution is 5.94. The lowest BCUT2D eigenvalue weighted by molar-refractivity contribution is 0.0697. The Bertz CT molecular complexity index is 1090. The maximum Gasteiger partial charge on any atom is 0.335 e. The van der Waals surface area contributed by atoms with Crippen molar-refractivity contribution in [1.29, 1.82) is 0 Å². The Morgan fingerprint density at radius 2 is 1.86 bits per heavy atom. The third-order valence-electron chi connectivity index (χ3n) is 5.30. The van der Waals surface area contributed by atoms with Crippen LogP contribution in [-0.4, -0.2) is 35.1 Å². The number of carbonyl (C=O) groups excluding carboxylic acids is 1. The van der Waals surface area contributed by atoms with Gasteiger partial charge in [0.1, 0.15) is 11.5 Å². The zero-order valence-electron chi connectivity index (χ0n) is 16.4. The molecule has 0 spiro atoms. The van der Waals surface area contributed by atoms with Gasteiger partial charge in [-0.1, -0.05) is 18.2 Å². The van der Waals surface area contributed by atoms with Crippen molar-refractivity contribution in [3.8, 4) is 11.3 Å². The largest absolute Gasteiger partial charge is 0.478 e. The molecule has 2 heterocycles. The van der Waals surface area contributed by atoms with E-state index in [1.807, 2.05) is 31.2 Å². The molecule has 1 aliphatic rings. The number of hydrogen-bond donors (Lipinski definition) is 1. The smallest absolute Gasteiger partial charge is 0.335 e. The third kappa shape index (κ3) is 3.74. The zero-order valence-corrected chi connectivity index (χ0v) is 16.4. The monoisotopic (exact) mass is 390 g/mol. The number of aromatic carboxylic acids is 1. The van der Waals surface area contributed by atoms with E-state index in [9.17, 15) is 9.59 Å². The van der Waals surface area contributed by atoms with Gasteiger partial charge in [0.15, 0.2) is 0 Å². The Labute approximate surface area is 169 Å². The van der Waals surface area contributed by atoms with Crippen LogP contribution in [0.5, 0.6) is 0 Å². The van der Waals surface area contributed by atoms with Gasteiger partial charge in [-0.2, -0.15) is 0 Å². The second kappa shape index (κ2) is 7.47. The summed E-state index contributed by atoms with van der Waals surface area (Å²) in [7, 11) is 0. The number of nitrogens with zero attached hydrogens (tertiary/aromatic N) is 2. The van der Waals surface area contributed by atoms with Crippen LogP contribution in [-0.2, 0) is 6.54 Å². The Kier molecular flexibility index (Phi) is 4.84. The summed E-state index contributed by atoms with van der Waals surface area (Å²) in [6, 6.07) is 16.2. The van der Waals surface area contributed by atoms with E-state index in [-0.39, 0.29) is 11.6 Å². The standard InChI is InChI=1S/C23H22N2O4/c1-15-6-7-19(12-16(15)2)25-11-10-24(23(25)28)14-20-8-9-21(29-20)17-4-3-5-18(13-17)22(26)27/h3-9,12-13H,10-11,14H2,1-2H3,(H,26,27). The molecule has 1 fully saturated rings. The first-order valence-electron chi connectivity index (χ1n) is 9.48. The van der Waals surface area contributed by atoms with E-state index < -0.39 is 5.97 Å². The van der Waals surface area contributed by atoms with Crippen molar-refractivity contribution in [2.24, 2.45) is 0 Å². The Morgan fingerprint density at radius 3 is 2.62 bits per heavy atom. The van der Waals surface area contributed by atoms with Crippen LogP contribution < -0.4 is 4.90 Å². The molecule has 29 heavy (non-hydrogen) atoms. The van der Waals surface area contributed by atoms with Gasteiger partial charge in [-0.15, -0.1) is 0 Å². The molecule has 0 aliphatic carbocycles. The first kappa shape index (κ1) is 18.8. The summed E-state index contributed by atoms with van der Waals surface area (Å²) in [4.78, 5) is 27.6. The minimum Gasteiger partial charge on any atom is -0.478 e. The average Bonchev–Trinajstić information content (AvgIpc) is 3.32. The molecule has 1 N–H and O–H groups in total.